The van der Waals surface area contributed by atoms with Crippen LogP contribution < -0.4 is 0 Å². The highest BCUT2D eigenvalue weighted by atomic mass is 16.5. The van der Waals surface area contributed by atoms with Gasteiger partial charge in [0, 0.05) is 6.08 Å². The maximum Gasteiger partial charge on any atom is 0.330 e. The van der Waals surface area contributed by atoms with Gasteiger partial charge in [0.1, 0.15) is 0 Å². The molecule has 0 aliphatic heterocycles. The Bertz CT molecular complexity index is 450. The Morgan fingerprint density at radius 1 is 0.800 bits per heavy atom. The standard InChI is InChI=1S/C23H36O2/c1-2-3-4-5-6-7-8-9-10-11-12-16-21-25-23(24)20-19-22-17-14-13-15-18-22/h13-15,17-20H,2-12,16,21H2,1H3. The van der Waals surface area contributed by atoms with Gasteiger partial charge in [-0.2, -0.15) is 0 Å². The van der Waals surface area contributed by atoms with E-state index < -0.39 is 0 Å². The maximum absolute atomic E-state index is 11.6. The fourth-order valence-electron chi connectivity index (χ4n) is 2.89. The first-order valence-electron chi connectivity index (χ1n) is 10.2. The third kappa shape index (κ3) is 13.4. The van der Waals surface area contributed by atoms with Crippen molar-refractivity contribution in [2.45, 2.75) is 84.0 Å². The molecule has 0 saturated heterocycles. The predicted octanol–water partition coefficient (Wildman–Crippen LogP) is 6.94. The largest absolute Gasteiger partial charge is 0.463 e. The SMILES string of the molecule is CCCCCCCCCCCCCCOC(=O)C=Cc1ccccc1. The van der Waals surface area contributed by atoms with Crippen molar-refractivity contribution < 1.29 is 9.53 Å². The van der Waals surface area contributed by atoms with Gasteiger partial charge in [-0.25, -0.2) is 4.79 Å². The molecular weight excluding hydrogens is 308 g/mol. The number of hydrogen-bond acceptors (Lipinski definition) is 2. The molecule has 0 aliphatic rings. The molecule has 25 heavy (non-hydrogen) atoms. The first kappa shape index (κ1) is 21.5. The van der Waals surface area contributed by atoms with E-state index in [9.17, 15) is 4.79 Å². The van der Waals surface area contributed by atoms with E-state index in [-0.39, 0.29) is 5.97 Å². The van der Waals surface area contributed by atoms with Gasteiger partial charge in [0.15, 0.2) is 0 Å². The minimum atomic E-state index is -0.244. The lowest BCUT2D eigenvalue weighted by Crippen LogP contribution is -2.02. The van der Waals surface area contributed by atoms with Crippen LogP contribution >= 0.6 is 0 Å². The molecule has 0 unspecified atom stereocenters. The van der Waals surface area contributed by atoms with Gasteiger partial charge in [-0.3, -0.25) is 0 Å². The van der Waals surface area contributed by atoms with Crippen molar-refractivity contribution in [3.05, 3.63) is 42.0 Å². The molecule has 1 aromatic carbocycles. The van der Waals surface area contributed by atoms with Crippen molar-refractivity contribution in [2.75, 3.05) is 6.61 Å². The van der Waals surface area contributed by atoms with Gasteiger partial charge in [-0.15, -0.1) is 0 Å². The van der Waals surface area contributed by atoms with Crippen LogP contribution in [0.4, 0.5) is 0 Å². The minimum absolute atomic E-state index is 0.244. The van der Waals surface area contributed by atoms with E-state index in [2.05, 4.69) is 6.92 Å². The van der Waals surface area contributed by atoms with Crippen molar-refractivity contribution >= 4 is 12.0 Å². The number of esters is 1. The average molecular weight is 345 g/mol. The van der Waals surface area contributed by atoms with E-state index >= 15 is 0 Å². The lowest BCUT2D eigenvalue weighted by Gasteiger charge is -2.03. The number of benzene rings is 1. The normalized spacial score (nSPS) is 11.1. The molecule has 0 bridgehead atoms. The van der Waals surface area contributed by atoms with Crippen LogP contribution in [-0.2, 0) is 9.53 Å². The van der Waals surface area contributed by atoms with Gasteiger partial charge in [0.25, 0.3) is 0 Å². The molecule has 2 heteroatoms. The molecule has 0 aromatic heterocycles. The van der Waals surface area contributed by atoms with Crippen LogP contribution in [0.15, 0.2) is 36.4 Å². The van der Waals surface area contributed by atoms with E-state index in [1.807, 2.05) is 30.3 Å². The van der Waals surface area contributed by atoms with Gasteiger partial charge in [-0.05, 0) is 18.1 Å². The lowest BCUT2D eigenvalue weighted by atomic mass is 10.1. The van der Waals surface area contributed by atoms with E-state index in [0.29, 0.717) is 6.61 Å². The monoisotopic (exact) mass is 344 g/mol. The fraction of sp³-hybridized carbons (Fsp3) is 0.609. The van der Waals surface area contributed by atoms with E-state index in [1.54, 1.807) is 6.08 Å². The zero-order chi connectivity index (χ0) is 18.0. The molecular formula is C23H36O2. The van der Waals surface area contributed by atoms with Crippen LogP contribution in [0.1, 0.15) is 89.5 Å². The summed E-state index contributed by atoms with van der Waals surface area (Å²) in [5.41, 5.74) is 1.02. The summed E-state index contributed by atoms with van der Waals surface area (Å²) in [6, 6.07) is 9.81. The van der Waals surface area contributed by atoms with Crippen molar-refractivity contribution in [2.24, 2.45) is 0 Å². The van der Waals surface area contributed by atoms with Crippen LogP contribution in [0.3, 0.4) is 0 Å². The number of unbranched alkanes of at least 4 members (excludes halogenated alkanes) is 11. The molecule has 0 fully saturated rings. The number of carbonyl (C=O) groups is 1. The second kappa shape index (κ2) is 15.9. The fourth-order valence-corrected chi connectivity index (χ4v) is 2.89. The molecule has 0 amide bonds. The van der Waals surface area contributed by atoms with Gasteiger partial charge < -0.3 is 4.74 Å². The Morgan fingerprint density at radius 2 is 1.32 bits per heavy atom. The third-order valence-electron chi connectivity index (χ3n) is 4.45. The summed E-state index contributed by atoms with van der Waals surface area (Å²) in [7, 11) is 0. The van der Waals surface area contributed by atoms with Crippen LogP contribution in [-0.4, -0.2) is 12.6 Å². The summed E-state index contributed by atoms with van der Waals surface area (Å²) in [6.07, 6.45) is 19.1. The second-order valence-corrected chi connectivity index (χ2v) is 6.80. The molecule has 0 heterocycles. The molecule has 1 rings (SSSR count). The van der Waals surface area contributed by atoms with Gasteiger partial charge >= 0.3 is 5.97 Å². The van der Waals surface area contributed by atoms with Crippen LogP contribution in [0.2, 0.25) is 0 Å². The molecule has 2 nitrogen and oxygen atoms in total. The van der Waals surface area contributed by atoms with Gasteiger partial charge in [0.2, 0.25) is 0 Å². The quantitative estimate of drug-likeness (QED) is 0.195. The summed E-state index contributed by atoms with van der Waals surface area (Å²) in [5, 5.41) is 0. The predicted molar refractivity (Wildman–Crippen MR) is 108 cm³/mol. The smallest absolute Gasteiger partial charge is 0.330 e. The number of hydrogen-bond donors (Lipinski definition) is 0. The summed E-state index contributed by atoms with van der Waals surface area (Å²) < 4.78 is 5.23. The van der Waals surface area contributed by atoms with Crippen molar-refractivity contribution in [1.82, 2.24) is 0 Å². The molecule has 0 spiro atoms. The molecule has 0 aliphatic carbocycles. The van der Waals surface area contributed by atoms with E-state index in [1.165, 1.54) is 70.3 Å². The Balaban J connectivity index is 1.85. The lowest BCUT2D eigenvalue weighted by molar-refractivity contribution is -0.137. The summed E-state index contributed by atoms with van der Waals surface area (Å²) in [6.45, 7) is 2.80. The minimum Gasteiger partial charge on any atom is -0.463 e. The topological polar surface area (TPSA) is 26.3 Å². The van der Waals surface area contributed by atoms with Crippen LogP contribution in [0.5, 0.6) is 0 Å². The van der Waals surface area contributed by atoms with Crippen molar-refractivity contribution in [1.29, 1.82) is 0 Å². The summed E-state index contributed by atoms with van der Waals surface area (Å²) >= 11 is 0. The Labute approximate surface area is 154 Å². The Morgan fingerprint density at radius 3 is 1.88 bits per heavy atom. The molecule has 1 aromatic rings. The molecule has 0 saturated carbocycles. The first-order chi connectivity index (χ1) is 12.3. The van der Waals surface area contributed by atoms with Crippen LogP contribution in [0, 0.1) is 0 Å². The molecule has 0 radical (unpaired) electrons. The Hall–Kier alpha value is -1.57. The molecule has 0 atom stereocenters. The summed E-state index contributed by atoms with van der Waals surface area (Å²) in [4.78, 5) is 11.6. The highest BCUT2D eigenvalue weighted by molar-refractivity contribution is 5.86. The van der Waals surface area contributed by atoms with Crippen molar-refractivity contribution in [3.8, 4) is 0 Å². The van der Waals surface area contributed by atoms with Gasteiger partial charge in [0.05, 0.1) is 6.61 Å². The number of rotatable bonds is 15. The second-order valence-electron chi connectivity index (χ2n) is 6.80. The molecule has 140 valence electrons. The van der Waals surface area contributed by atoms with Gasteiger partial charge in [-0.1, -0.05) is 108 Å². The first-order valence-corrected chi connectivity index (χ1v) is 10.2. The average Bonchev–Trinajstić information content (AvgIpc) is 2.64. The van der Waals surface area contributed by atoms with E-state index in [4.69, 9.17) is 4.74 Å². The molecule has 0 N–H and O–H groups in total. The summed E-state index contributed by atoms with van der Waals surface area (Å²) in [5.74, 6) is -0.244. The number of ether oxygens (including phenoxy) is 1. The zero-order valence-electron chi connectivity index (χ0n) is 16.1. The number of carbonyl (C=O) groups excluding carboxylic acids is 1. The zero-order valence-corrected chi connectivity index (χ0v) is 16.1. The van der Waals surface area contributed by atoms with Crippen molar-refractivity contribution in [3.63, 3.8) is 0 Å². The van der Waals surface area contributed by atoms with Crippen LogP contribution in [0.25, 0.3) is 6.08 Å². The maximum atomic E-state index is 11.6. The highest BCUT2D eigenvalue weighted by Gasteiger charge is 1.97. The van der Waals surface area contributed by atoms with E-state index in [0.717, 1.165) is 18.4 Å². The third-order valence-corrected chi connectivity index (χ3v) is 4.45. The Kier molecular flexibility index (Phi) is 13.7. The highest BCUT2D eigenvalue weighted by Crippen LogP contribution is 2.12.